The third-order valence-electron chi connectivity index (χ3n) is 2.15. The summed E-state index contributed by atoms with van der Waals surface area (Å²) in [6, 6.07) is 8.76. The molecular formula is C12H10N2O3. The van der Waals surface area contributed by atoms with Crippen LogP contribution in [0.2, 0.25) is 0 Å². The smallest absolute Gasteiger partial charge is 0.256 e. The van der Waals surface area contributed by atoms with Crippen molar-refractivity contribution in [3.63, 3.8) is 0 Å². The number of amides is 1. The average molecular weight is 230 g/mol. The number of carbonyl (C=O) groups is 1. The Kier molecular flexibility index (Phi) is 2.91. The summed E-state index contributed by atoms with van der Waals surface area (Å²) < 4.78 is 0. The van der Waals surface area contributed by atoms with E-state index in [1.54, 1.807) is 6.07 Å². The van der Waals surface area contributed by atoms with E-state index in [1.807, 2.05) is 0 Å². The fraction of sp³-hybridized carbons (Fsp3) is 0. The maximum absolute atomic E-state index is 11.7. The summed E-state index contributed by atoms with van der Waals surface area (Å²) in [5, 5.41) is 21.0. The molecule has 0 bridgehead atoms. The predicted octanol–water partition coefficient (Wildman–Crippen LogP) is 1.75. The Bertz CT molecular complexity index is 538. The number of nitrogens with one attached hydrogen (secondary N) is 1. The van der Waals surface area contributed by atoms with Gasteiger partial charge in [-0.3, -0.25) is 4.79 Å². The molecule has 5 heteroatoms. The number of aromatic hydroxyl groups is 2. The van der Waals surface area contributed by atoms with E-state index in [4.69, 9.17) is 5.11 Å². The van der Waals surface area contributed by atoms with Crippen molar-refractivity contribution in [3.05, 3.63) is 48.2 Å². The average Bonchev–Trinajstić information content (AvgIpc) is 2.33. The van der Waals surface area contributed by atoms with Gasteiger partial charge in [0.1, 0.15) is 5.75 Å². The Morgan fingerprint density at radius 2 is 1.82 bits per heavy atom. The van der Waals surface area contributed by atoms with Crippen molar-refractivity contribution in [1.29, 1.82) is 0 Å². The second-order valence-corrected chi connectivity index (χ2v) is 3.37. The molecule has 1 amide bonds. The molecule has 0 fully saturated rings. The molecule has 0 aliphatic carbocycles. The summed E-state index contributed by atoms with van der Waals surface area (Å²) in [7, 11) is 0. The Morgan fingerprint density at radius 1 is 1.12 bits per heavy atom. The number of anilines is 1. The molecule has 1 heterocycles. The van der Waals surface area contributed by atoms with Crippen LogP contribution in [0.25, 0.3) is 0 Å². The van der Waals surface area contributed by atoms with Crippen molar-refractivity contribution in [2.75, 3.05) is 5.32 Å². The topological polar surface area (TPSA) is 82.5 Å². The number of hydrogen-bond donors (Lipinski definition) is 3. The molecular weight excluding hydrogens is 220 g/mol. The van der Waals surface area contributed by atoms with Gasteiger partial charge in [-0.25, -0.2) is 4.98 Å². The van der Waals surface area contributed by atoms with E-state index in [0.717, 1.165) is 0 Å². The van der Waals surface area contributed by atoms with Gasteiger partial charge in [-0.2, -0.15) is 0 Å². The summed E-state index contributed by atoms with van der Waals surface area (Å²) in [4.78, 5) is 15.6. The van der Waals surface area contributed by atoms with E-state index in [0.29, 0.717) is 5.56 Å². The van der Waals surface area contributed by atoms with Crippen LogP contribution in [0.4, 0.5) is 5.82 Å². The van der Waals surface area contributed by atoms with Crippen LogP contribution < -0.4 is 5.32 Å². The minimum absolute atomic E-state index is 0.0854. The van der Waals surface area contributed by atoms with Crippen LogP contribution in [-0.2, 0) is 0 Å². The number of carbonyl (C=O) groups excluding carboxylic acids is 1. The highest BCUT2D eigenvalue weighted by molar-refractivity contribution is 6.04. The molecule has 0 unspecified atom stereocenters. The van der Waals surface area contributed by atoms with Crippen LogP contribution in [0.5, 0.6) is 11.5 Å². The number of phenolic OH excluding ortho intramolecular Hbond substituents is 1. The van der Waals surface area contributed by atoms with Crippen LogP contribution in [0.1, 0.15) is 10.4 Å². The summed E-state index contributed by atoms with van der Waals surface area (Å²) in [6.07, 6.45) is 1.46. The number of rotatable bonds is 2. The number of aromatic nitrogens is 1. The van der Waals surface area contributed by atoms with Crippen molar-refractivity contribution < 1.29 is 15.0 Å². The van der Waals surface area contributed by atoms with Gasteiger partial charge < -0.3 is 15.5 Å². The minimum Gasteiger partial charge on any atom is -0.508 e. The Hall–Kier alpha value is -2.56. The van der Waals surface area contributed by atoms with E-state index in [-0.39, 0.29) is 17.3 Å². The third-order valence-corrected chi connectivity index (χ3v) is 2.15. The summed E-state index contributed by atoms with van der Waals surface area (Å²) in [5.74, 6) is -0.313. The van der Waals surface area contributed by atoms with Crippen LogP contribution in [-0.4, -0.2) is 21.1 Å². The van der Waals surface area contributed by atoms with Gasteiger partial charge in [0.25, 0.3) is 5.91 Å². The number of phenols is 1. The highest BCUT2D eigenvalue weighted by Gasteiger charge is 2.09. The van der Waals surface area contributed by atoms with E-state index in [9.17, 15) is 9.90 Å². The molecule has 0 aliphatic rings. The van der Waals surface area contributed by atoms with Gasteiger partial charge in [-0.05, 0) is 36.4 Å². The van der Waals surface area contributed by atoms with Crippen molar-refractivity contribution in [3.8, 4) is 11.5 Å². The second-order valence-electron chi connectivity index (χ2n) is 3.37. The van der Waals surface area contributed by atoms with Gasteiger partial charge in [0.15, 0.2) is 11.6 Å². The van der Waals surface area contributed by atoms with Gasteiger partial charge in [-0.1, -0.05) is 0 Å². The third kappa shape index (κ3) is 2.52. The number of benzene rings is 1. The molecule has 0 saturated carbocycles. The van der Waals surface area contributed by atoms with Crippen LogP contribution in [0, 0.1) is 0 Å². The Balaban J connectivity index is 2.17. The second kappa shape index (κ2) is 4.52. The molecule has 1 aromatic carbocycles. The zero-order valence-electron chi connectivity index (χ0n) is 8.79. The monoisotopic (exact) mass is 230 g/mol. The molecule has 2 rings (SSSR count). The van der Waals surface area contributed by atoms with E-state index in [1.165, 1.54) is 36.5 Å². The number of nitrogens with zero attached hydrogens (tertiary/aromatic N) is 1. The van der Waals surface area contributed by atoms with Gasteiger partial charge in [0.05, 0.1) is 0 Å². The van der Waals surface area contributed by atoms with Crippen molar-refractivity contribution >= 4 is 11.7 Å². The zero-order chi connectivity index (χ0) is 12.3. The maximum atomic E-state index is 11.7. The molecule has 0 atom stereocenters. The lowest BCUT2D eigenvalue weighted by molar-refractivity contribution is 0.102. The molecule has 17 heavy (non-hydrogen) atoms. The van der Waals surface area contributed by atoms with Gasteiger partial charge in [0, 0.05) is 11.8 Å². The molecule has 2 aromatic rings. The summed E-state index contributed by atoms with van der Waals surface area (Å²) in [5.41, 5.74) is 0.368. The van der Waals surface area contributed by atoms with Crippen molar-refractivity contribution in [1.82, 2.24) is 4.98 Å². The molecule has 0 aliphatic heterocycles. The van der Waals surface area contributed by atoms with E-state index in [2.05, 4.69) is 10.3 Å². The molecule has 0 radical (unpaired) electrons. The number of pyridine rings is 1. The van der Waals surface area contributed by atoms with Crippen LogP contribution in [0.15, 0.2) is 42.6 Å². The molecule has 86 valence electrons. The van der Waals surface area contributed by atoms with Gasteiger partial charge in [0.2, 0.25) is 0 Å². The predicted molar refractivity (Wildman–Crippen MR) is 62.0 cm³/mol. The van der Waals surface area contributed by atoms with Crippen molar-refractivity contribution in [2.24, 2.45) is 0 Å². The molecule has 0 saturated heterocycles. The number of hydrogen-bond acceptors (Lipinski definition) is 4. The van der Waals surface area contributed by atoms with E-state index >= 15 is 0 Å². The Morgan fingerprint density at radius 3 is 2.47 bits per heavy atom. The fourth-order valence-electron chi connectivity index (χ4n) is 1.29. The van der Waals surface area contributed by atoms with Crippen molar-refractivity contribution in [2.45, 2.75) is 0 Å². The standard InChI is InChI=1S/C12H10N2O3/c15-9-5-3-8(4-6-9)12(17)14-11-10(16)2-1-7-13-11/h1-7,15-16H,(H,13,14,17). The Labute approximate surface area is 97.4 Å². The van der Waals surface area contributed by atoms with Gasteiger partial charge in [-0.15, -0.1) is 0 Å². The first-order valence-corrected chi connectivity index (χ1v) is 4.91. The fourth-order valence-corrected chi connectivity index (χ4v) is 1.29. The molecule has 3 N–H and O–H groups in total. The minimum atomic E-state index is -0.404. The highest BCUT2D eigenvalue weighted by atomic mass is 16.3. The summed E-state index contributed by atoms with van der Waals surface area (Å²) >= 11 is 0. The summed E-state index contributed by atoms with van der Waals surface area (Å²) in [6.45, 7) is 0. The maximum Gasteiger partial charge on any atom is 0.256 e. The quantitative estimate of drug-likeness (QED) is 0.733. The van der Waals surface area contributed by atoms with E-state index < -0.39 is 5.91 Å². The lowest BCUT2D eigenvalue weighted by Gasteiger charge is -2.05. The first-order valence-electron chi connectivity index (χ1n) is 4.91. The SMILES string of the molecule is O=C(Nc1ncccc1O)c1ccc(O)cc1. The lowest BCUT2D eigenvalue weighted by Crippen LogP contribution is -2.12. The normalized spacial score (nSPS) is 9.88. The van der Waals surface area contributed by atoms with Crippen LogP contribution in [0.3, 0.4) is 0 Å². The van der Waals surface area contributed by atoms with Crippen LogP contribution >= 0.6 is 0 Å². The lowest BCUT2D eigenvalue weighted by atomic mass is 10.2. The highest BCUT2D eigenvalue weighted by Crippen LogP contribution is 2.19. The first kappa shape index (κ1) is 10.9. The first-order chi connectivity index (χ1) is 8.16. The zero-order valence-corrected chi connectivity index (χ0v) is 8.79. The van der Waals surface area contributed by atoms with Gasteiger partial charge >= 0.3 is 0 Å². The molecule has 1 aromatic heterocycles. The molecule has 0 spiro atoms. The largest absolute Gasteiger partial charge is 0.508 e. The molecule has 5 nitrogen and oxygen atoms in total.